The monoisotopic (exact) mass is 135 g/mol. The molecular formula is C6H5N3O. The Morgan fingerprint density at radius 2 is 2.30 bits per heavy atom. The minimum absolute atomic E-state index is 0.604. The summed E-state index contributed by atoms with van der Waals surface area (Å²) in [4.78, 5) is 3.89. The van der Waals surface area contributed by atoms with Gasteiger partial charge in [0.1, 0.15) is 0 Å². The SMILES string of the molecule is Nc1ccc2nconc1-2. The minimum atomic E-state index is 0.604. The van der Waals surface area contributed by atoms with Crippen LogP contribution in [0.4, 0.5) is 5.69 Å². The third kappa shape index (κ3) is 0.556. The Morgan fingerprint density at radius 1 is 1.40 bits per heavy atom. The van der Waals surface area contributed by atoms with Crippen molar-refractivity contribution in [2.75, 3.05) is 5.73 Å². The second kappa shape index (κ2) is 1.70. The van der Waals surface area contributed by atoms with Crippen LogP contribution < -0.4 is 5.73 Å². The van der Waals surface area contributed by atoms with Crippen molar-refractivity contribution in [2.24, 2.45) is 0 Å². The van der Waals surface area contributed by atoms with E-state index < -0.39 is 0 Å². The molecule has 0 unspecified atom stereocenters. The fraction of sp³-hybridized carbons (Fsp3) is 0. The van der Waals surface area contributed by atoms with Crippen LogP contribution >= 0.6 is 0 Å². The molecule has 1 heterocycles. The first kappa shape index (κ1) is 5.22. The molecular weight excluding hydrogens is 130 g/mol. The molecule has 4 nitrogen and oxygen atoms in total. The Balaban J connectivity index is 2.78. The van der Waals surface area contributed by atoms with Crippen molar-refractivity contribution in [2.45, 2.75) is 0 Å². The summed E-state index contributed by atoms with van der Waals surface area (Å²) in [5.74, 6) is 0. The number of nitrogens with zero attached hydrogens (tertiary/aromatic N) is 2. The molecule has 0 aromatic rings. The fourth-order valence-corrected chi connectivity index (χ4v) is 0.835. The lowest BCUT2D eigenvalue weighted by molar-refractivity contribution is 0.388. The van der Waals surface area contributed by atoms with E-state index in [1.165, 1.54) is 6.39 Å². The van der Waals surface area contributed by atoms with Crippen molar-refractivity contribution in [3.05, 3.63) is 18.5 Å². The Hall–Kier alpha value is -1.58. The normalized spacial score (nSPS) is 10.4. The molecule has 0 saturated carbocycles. The van der Waals surface area contributed by atoms with Gasteiger partial charge in [-0.25, -0.2) is 4.98 Å². The van der Waals surface area contributed by atoms with Gasteiger partial charge < -0.3 is 10.3 Å². The third-order valence-electron chi connectivity index (χ3n) is 1.32. The number of rotatable bonds is 0. The number of aromatic nitrogens is 2. The molecule has 2 rings (SSSR count). The highest BCUT2D eigenvalue weighted by molar-refractivity contribution is 5.72. The van der Waals surface area contributed by atoms with E-state index >= 15 is 0 Å². The minimum Gasteiger partial charge on any atom is -0.397 e. The van der Waals surface area contributed by atoms with Crippen LogP contribution in [0.2, 0.25) is 0 Å². The number of hydrogen-bond donors (Lipinski definition) is 1. The van der Waals surface area contributed by atoms with E-state index in [4.69, 9.17) is 5.73 Å². The number of anilines is 1. The highest BCUT2D eigenvalue weighted by Gasteiger charge is 2.08. The van der Waals surface area contributed by atoms with E-state index in [0.717, 1.165) is 5.69 Å². The van der Waals surface area contributed by atoms with E-state index in [9.17, 15) is 0 Å². The van der Waals surface area contributed by atoms with Gasteiger partial charge in [-0.3, -0.25) is 0 Å². The summed E-state index contributed by atoms with van der Waals surface area (Å²) >= 11 is 0. The maximum absolute atomic E-state index is 5.51. The zero-order valence-corrected chi connectivity index (χ0v) is 5.11. The zero-order valence-electron chi connectivity index (χ0n) is 5.11. The molecule has 0 spiro atoms. The van der Waals surface area contributed by atoms with Gasteiger partial charge >= 0.3 is 0 Å². The average Bonchev–Trinajstić information content (AvgIpc) is 2.34. The van der Waals surface area contributed by atoms with Gasteiger partial charge in [0.2, 0.25) is 6.39 Å². The Labute approximate surface area is 57.0 Å². The quantitative estimate of drug-likeness (QED) is 0.579. The van der Waals surface area contributed by atoms with Crippen LogP contribution in [0.3, 0.4) is 0 Å². The first-order valence-corrected chi connectivity index (χ1v) is 2.82. The van der Waals surface area contributed by atoms with Crippen molar-refractivity contribution >= 4 is 5.69 Å². The largest absolute Gasteiger partial charge is 0.397 e. The zero-order chi connectivity index (χ0) is 6.97. The lowest BCUT2D eigenvalue weighted by atomic mass is 10.4. The molecule has 0 amide bonds. The molecule has 1 aliphatic heterocycles. The maximum Gasteiger partial charge on any atom is 0.212 e. The molecule has 50 valence electrons. The van der Waals surface area contributed by atoms with E-state index in [2.05, 4.69) is 14.7 Å². The molecule has 0 aromatic carbocycles. The van der Waals surface area contributed by atoms with E-state index in [0.29, 0.717) is 11.4 Å². The van der Waals surface area contributed by atoms with Crippen molar-refractivity contribution < 1.29 is 4.52 Å². The highest BCUT2D eigenvalue weighted by Crippen LogP contribution is 2.23. The van der Waals surface area contributed by atoms with Gasteiger partial charge in [0.15, 0.2) is 5.69 Å². The molecule has 0 bridgehead atoms. The fourth-order valence-electron chi connectivity index (χ4n) is 0.835. The second-order valence-electron chi connectivity index (χ2n) is 1.95. The van der Waals surface area contributed by atoms with Crippen molar-refractivity contribution in [1.82, 2.24) is 10.1 Å². The van der Waals surface area contributed by atoms with Gasteiger partial charge in [-0.05, 0) is 12.1 Å². The van der Waals surface area contributed by atoms with E-state index in [1.54, 1.807) is 12.1 Å². The number of hydrogen-bond acceptors (Lipinski definition) is 4. The van der Waals surface area contributed by atoms with Crippen LogP contribution in [-0.2, 0) is 0 Å². The summed E-state index contributed by atoms with van der Waals surface area (Å²) in [5.41, 5.74) is 7.51. The number of fused-ring (bicyclic) bond motifs is 1. The predicted molar refractivity (Wildman–Crippen MR) is 35.3 cm³/mol. The molecule has 10 heavy (non-hydrogen) atoms. The number of nitrogen functional groups attached to an aromatic ring is 1. The first-order valence-electron chi connectivity index (χ1n) is 2.82. The summed E-state index contributed by atoms with van der Waals surface area (Å²) in [6.07, 6.45) is 1.28. The Morgan fingerprint density at radius 3 is 3.10 bits per heavy atom. The second-order valence-corrected chi connectivity index (χ2v) is 1.95. The summed E-state index contributed by atoms with van der Waals surface area (Å²) in [7, 11) is 0. The summed E-state index contributed by atoms with van der Waals surface area (Å²) in [6.45, 7) is 0. The van der Waals surface area contributed by atoms with Gasteiger partial charge in [-0.15, -0.1) is 0 Å². The van der Waals surface area contributed by atoms with Gasteiger partial charge in [0.05, 0.1) is 11.4 Å². The van der Waals surface area contributed by atoms with E-state index in [1.807, 2.05) is 0 Å². The molecule has 1 aliphatic carbocycles. The molecule has 0 radical (unpaired) electrons. The van der Waals surface area contributed by atoms with Crippen LogP contribution in [0.15, 0.2) is 23.0 Å². The van der Waals surface area contributed by atoms with Crippen LogP contribution in [0, 0.1) is 0 Å². The standard InChI is InChI=1S/C6H5N3O/c7-4-1-2-5-6(4)9-10-3-8-5/h1-3H,7H2. The average molecular weight is 135 g/mol. The summed E-state index contributed by atoms with van der Waals surface area (Å²) in [5, 5.41) is 3.68. The molecule has 0 fully saturated rings. The van der Waals surface area contributed by atoms with Crippen molar-refractivity contribution in [3.63, 3.8) is 0 Å². The topological polar surface area (TPSA) is 64.9 Å². The van der Waals surface area contributed by atoms with Gasteiger partial charge in [0, 0.05) is 0 Å². The van der Waals surface area contributed by atoms with Crippen LogP contribution in [-0.4, -0.2) is 10.1 Å². The molecule has 0 atom stereocenters. The van der Waals surface area contributed by atoms with E-state index in [-0.39, 0.29) is 0 Å². The Bertz CT molecular complexity index is 317. The third-order valence-corrected chi connectivity index (χ3v) is 1.32. The lowest BCUT2D eigenvalue weighted by Gasteiger charge is -1.92. The lowest BCUT2D eigenvalue weighted by Crippen LogP contribution is -1.88. The van der Waals surface area contributed by atoms with Crippen molar-refractivity contribution in [3.8, 4) is 11.4 Å². The molecule has 2 N–H and O–H groups in total. The van der Waals surface area contributed by atoms with Crippen LogP contribution in [0.25, 0.3) is 11.4 Å². The smallest absolute Gasteiger partial charge is 0.212 e. The summed E-state index contributed by atoms with van der Waals surface area (Å²) < 4.78 is 4.59. The van der Waals surface area contributed by atoms with Crippen LogP contribution in [0.5, 0.6) is 0 Å². The van der Waals surface area contributed by atoms with Gasteiger partial charge in [-0.2, -0.15) is 0 Å². The number of nitrogens with two attached hydrogens (primary N) is 1. The van der Waals surface area contributed by atoms with Gasteiger partial charge in [-0.1, -0.05) is 5.16 Å². The first-order chi connectivity index (χ1) is 4.88. The predicted octanol–water partition coefficient (Wildman–Crippen LogP) is 0.757. The molecule has 0 aromatic heterocycles. The molecule has 4 heteroatoms. The molecule has 0 saturated heterocycles. The molecule has 2 aliphatic rings. The summed E-state index contributed by atoms with van der Waals surface area (Å²) in [6, 6.07) is 3.55. The van der Waals surface area contributed by atoms with Crippen LogP contribution in [0.1, 0.15) is 0 Å². The van der Waals surface area contributed by atoms with Gasteiger partial charge in [0.25, 0.3) is 0 Å². The highest BCUT2D eigenvalue weighted by atomic mass is 16.5. The maximum atomic E-state index is 5.51. The van der Waals surface area contributed by atoms with Crippen molar-refractivity contribution in [1.29, 1.82) is 0 Å². The Kier molecular flexibility index (Phi) is 0.887.